The van der Waals surface area contributed by atoms with E-state index in [4.69, 9.17) is 5.73 Å². The summed E-state index contributed by atoms with van der Waals surface area (Å²) in [4.78, 5) is 29.0. The number of urea groups is 1. The first-order valence-corrected chi connectivity index (χ1v) is 11.7. The second-order valence-electron chi connectivity index (χ2n) is 8.92. The first-order chi connectivity index (χ1) is 16.0. The van der Waals surface area contributed by atoms with E-state index in [1.807, 2.05) is 18.2 Å². The number of hydrogen-bond acceptors (Lipinski definition) is 4. The summed E-state index contributed by atoms with van der Waals surface area (Å²) in [7, 11) is 0. The van der Waals surface area contributed by atoms with Crippen molar-refractivity contribution in [2.45, 2.75) is 44.7 Å². The number of hydrogen-bond donors (Lipinski definition) is 3. The fourth-order valence-corrected chi connectivity index (χ4v) is 4.63. The number of benzene rings is 2. The third-order valence-electron chi connectivity index (χ3n) is 6.47. The van der Waals surface area contributed by atoms with Crippen LogP contribution >= 0.6 is 0 Å². The first-order valence-electron chi connectivity index (χ1n) is 11.7. The Morgan fingerprint density at radius 3 is 2.33 bits per heavy atom. The van der Waals surface area contributed by atoms with Crippen molar-refractivity contribution in [3.8, 4) is 0 Å². The van der Waals surface area contributed by atoms with E-state index in [1.54, 1.807) is 12.1 Å². The van der Waals surface area contributed by atoms with E-state index < -0.39 is 5.91 Å². The van der Waals surface area contributed by atoms with Gasteiger partial charge in [-0.1, -0.05) is 12.1 Å². The first kappa shape index (κ1) is 23.0. The quantitative estimate of drug-likeness (QED) is 0.622. The van der Waals surface area contributed by atoms with Gasteiger partial charge in [-0.05, 0) is 68.0 Å². The van der Waals surface area contributed by atoms with Crippen LogP contribution in [-0.4, -0.2) is 49.1 Å². The molecule has 0 unspecified atom stereocenters. The summed E-state index contributed by atoms with van der Waals surface area (Å²) in [5.41, 5.74) is 8.45. The van der Waals surface area contributed by atoms with Crippen LogP contribution in [0.3, 0.4) is 0 Å². The number of primary amides is 1. The average Bonchev–Trinajstić information content (AvgIpc) is 2.82. The number of piperidine rings is 2. The standard InChI is InChI=1S/C25H32FN5O2/c26-20-7-4-18(5-8-20)17-30-14-10-21(11-15-30)28-25(33)29-22-16-19(24(27)32)6-9-23(22)31-12-2-1-3-13-31/h4-9,16,21H,1-3,10-15,17H2,(H2,27,32)(H2,28,29,33). The lowest BCUT2D eigenvalue weighted by Crippen LogP contribution is -2.45. The minimum Gasteiger partial charge on any atom is -0.370 e. The molecule has 33 heavy (non-hydrogen) atoms. The number of rotatable bonds is 6. The molecular formula is C25H32FN5O2. The van der Waals surface area contributed by atoms with Gasteiger partial charge in [-0.3, -0.25) is 9.69 Å². The van der Waals surface area contributed by atoms with Crippen LogP contribution in [0.15, 0.2) is 42.5 Å². The Morgan fingerprint density at radius 2 is 1.67 bits per heavy atom. The number of amides is 3. The Bertz CT molecular complexity index is 967. The second-order valence-corrected chi connectivity index (χ2v) is 8.92. The molecule has 2 aliphatic heterocycles. The maximum Gasteiger partial charge on any atom is 0.319 e. The molecule has 0 aromatic heterocycles. The SMILES string of the molecule is NC(=O)c1ccc(N2CCCCC2)c(NC(=O)NC2CCN(Cc3ccc(F)cc3)CC2)c1. The van der Waals surface area contributed by atoms with Crippen LogP contribution in [0.5, 0.6) is 0 Å². The molecule has 4 N–H and O–H groups in total. The van der Waals surface area contributed by atoms with Gasteiger partial charge in [0.1, 0.15) is 5.82 Å². The van der Waals surface area contributed by atoms with Gasteiger partial charge < -0.3 is 21.3 Å². The zero-order valence-electron chi connectivity index (χ0n) is 18.9. The molecule has 0 saturated carbocycles. The number of carbonyl (C=O) groups excluding carboxylic acids is 2. The highest BCUT2D eigenvalue weighted by Gasteiger charge is 2.22. The van der Waals surface area contributed by atoms with Crippen LogP contribution in [0, 0.1) is 5.82 Å². The van der Waals surface area contributed by atoms with Crippen LogP contribution in [0.25, 0.3) is 0 Å². The molecular weight excluding hydrogens is 421 g/mol. The lowest BCUT2D eigenvalue weighted by atomic mass is 10.0. The molecule has 2 aromatic rings. The molecule has 0 aliphatic carbocycles. The van der Waals surface area contributed by atoms with Gasteiger partial charge in [-0.2, -0.15) is 0 Å². The van der Waals surface area contributed by atoms with Gasteiger partial charge in [-0.15, -0.1) is 0 Å². The molecule has 0 radical (unpaired) electrons. The van der Waals surface area contributed by atoms with Crippen LogP contribution in [0.1, 0.15) is 48.0 Å². The summed E-state index contributed by atoms with van der Waals surface area (Å²) in [5.74, 6) is -0.741. The summed E-state index contributed by atoms with van der Waals surface area (Å²) in [6, 6.07) is 11.6. The van der Waals surface area contributed by atoms with Crippen molar-refractivity contribution in [2.24, 2.45) is 5.73 Å². The summed E-state index contributed by atoms with van der Waals surface area (Å²) in [5, 5.41) is 6.04. The van der Waals surface area contributed by atoms with Gasteiger partial charge in [-0.25, -0.2) is 9.18 Å². The van der Waals surface area contributed by atoms with Crippen LogP contribution in [0.4, 0.5) is 20.6 Å². The average molecular weight is 454 g/mol. The van der Waals surface area contributed by atoms with E-state index in [0.29, 0.717) is 11.3 Å². The molecule has 176 valence electrons. The monoisotopic (exact) mass is 453 g/mol. The molecule has 8 heteroatoms. The fraction of sp³-hybridized carbons (Fsp3) is 0.440. The van der Waals surface area contributed by atoms with Crippen molar-refractivity contribution in [1.29, 1.82) is 0 Å². The normalized spacial score (nSPS) is 17.5. The lowest BCUT2D eigenvalue weighted by Gasteiger charge is -2.33. The summed E-state index contributed by atoms with van der Waals surface area (Å²) >= 11 is 0. The van der Waals surface area contributed by atoms with E-state index in [-0.39, 0.29) is 17.9 Å². The maximum absolute atomic E-state index is 13.1. The van der Waals surface area contributed by atoms with Crippen LogP contribution < -0.4 is 21.3 Å². The Balaban J connectivity index is 1.33. The lowest BCUT2D eigenvalue weighted by molar-refractivity contribution is 0.1000. The molecule has 4 rings (SSSR count). The summed E-state index contributed by atoms with van der Waals surface area (Å²) < 4.78 is 13.1. The minimum atomic E-state index is -0.517. The molecule has 2 aromatic carbocycles. The molecule has 2 heterocycles. The highest BCUT2D eigenvalue weighted by Crippen LogP contribution is 2.30. The number of carbonyl (C=O) groups is 2. The molecule has 2 fully saturated rings. The minimum absolute atomic E-state index is 0.0761. The van der Waals surface area contributed by atoms with Gasteiger partial charge in [0.25, 0.3) is 0 Å². The number of likely N-dealkylation sites (tertiary alicyclic amines) is 1. The van der Waals surface area contributed by atoms with Gasteiger partial charge in [0.05, 0.1) is 11.4 Å². The second kappa shape index (κ2) is 10.7. The number of nitrogens with zero attached hydrogens (tertiary/aromatic N) is 2. The largest absolute Gasteiger partial charge is 0.370 e. The van der Waals surface area contributed by atoms with Gasteiger partial charge in [0, 0.05) is 44.3 Å². The summed E-state index contributed by atoms with van der Waals surface area (Å²) in [6.45, 7) is 4.35. The number of halogens is 1. The zero-order chi connectivity index (χ0) is 23.2. The molecule has 7 nitrogen and oxygen atoms in total. The molecule has 0 atom stereocenters. The van der Waals surface area contributed by atoms with Gasteiger partial charge >= 0.3 is 6.03 Å². The van der Waals surface area contributed by atoms with E-state index in [2.05, 4.69) is 20.4 Å². The third-order valence-corrected chi connectivity index (χ3v) is 6.47. The van der Waals surface area contributed by atoms with Crippen molar-refractivity contribution >= 4 is 23.3 Å². The van der Waals surface area contributed by atoms with E-state index in [0.717, 1.165) is 69.7 Å². The zero-order valence-corrected chi connectivity index (χ0v) is 18.9. The molecule has 2 saturated heterocycles. The number of anilines is 2. The van der Waals surface area contributed by atoms with Crippen molar-refractivity contribution < 1.29 is 14.0 Å². The van der Waals surface area contributed by atoms with Gasteiger partial charge in [0.2, 0.25) is 5.91 Å². The Kier molecular flexibility index (Phi) is 7.44. The van der Waals surface area contributed by atoms with Crippen molar-refractivity contribution in [3.63, 3.8) is 0 Å². The van der Waals surface area contributed by atoms with E-state index >= 15 is 0 Å². The van der Waals surface area contributed by atoms with Gasteiger partial charge in [0.15, 0.2) is 0 Å². The maximum atomic E-state index is 13.1. The van der Waals surface area contributed by atoms with Crippen LogP contribution in [0.2, 0.25) is 0 Å². The Hall–Kier alpha value is -3.13. The third kappa shape index (κ3) is 6.22. The van der Waals surface area contributed by atoms with E-state index in [9.17, 15) is 14.0 Å². The highest BCUT2D eigenvalue weighted by atomic mass is 19.1. The predicted molar refractivity (Wildman–Crippen MR) is 128 cm³/mol. The Morgan fingerprint density at radius 1 is 0.970 bits per heavy atom. The predicted octanol–water partition coefficient (Wildman–Crippen LogP) is 3.70. The smallest absolute Gasteiger partial charge is 0.319 e. The van der Waals surface area contributed by atoms with Crippen LogP contribution in [-0.2, 0) is 6.54 Å². The van der Waals surface area contributed by atoms with E-state index in [1.165, 1.54) is 18.6 Å². The molecule has 2 aliphatic rings. The van der Waals surface area contributed by atoms with Crippen molar-refractivity contribution in [3.05, 3.63) is 59.4 Å². The number of nitrogens with two attached hydrogens (primary N) is 1. The molecule has 0 spiro atoms. The molecule has 0 bridgehead atoms. The topological polar surface area (TPSA) is 90.7 Å². The molecule has 3 amide bonds. The highest BCUT2D eigenvalue weighted by molar-refractivity contribution is 5.99. The summed E-state index contributed by atoms with van der Waals surface area (Å²) in [6.07, 6.45) is 5.11. The number of nitrogens with one attached hydrogen (secondary N) is 2. The van der Waals surface area contributed by atoms with Crippen molar-refractivity contribution in [2.75, 3.05) is 36.4 Å². The fourth-order valence-electron chi connectivity index (χ4n) is 4.63. The Labute approximate surface area is 194 Å². The van der Waals surface area contributed by atoms with Crippen molar-refractivity contribution in [1.82, 2.24) is 10.2 Å².